The lowest BCUT2D eigenvalue weighted by atomic mass is 9.99. The number of nitrogens with one attached hydrogen (secondary N) is 1. The van der Waals surface area contributed by atoms with Gasteiger partial charge in [-0.25, -0.2) is 0 Å². The van der Waals surface area contributed by atoms with Gasteiger partial charge in [0, 0.05) is 6.08 Å². The topological polar surface area (TPSA) is 49.3 Å². The number of rotatable bonds is 4. The van der Waals surface area contributed by atoms with Crippen molar-refractivity contribution in [2.45, 2.75) is 39.3 Å². The van der Waals surface area contributed by atoms with E-state index >= 15 is 0 Å². The van der Waals surface area contributed by atoms with E-state index in [1.165, 1.54) is 11.6 Å². The van der Waals surface area contributed by atoms with Gasteiger partial charge in [-0.1, -0.05) is 29.8 Å². The van der Waals surface area contributed by atoms with Crippen molar-refractivity contribution in [3.05, 3.63) is 41.5 Å². The summed E-state index contributed by atoms with van der Waals surface area (Å²) >= 11 is 0. The second-order valence-electron chi connectivity index (χ2n) is 5.13. The molecular formula is C15H21NO2. The van der Waals surface area contributed by atoms with Gasteiger partial charge in [0.15, 0.2) is 0 Å². The first-order chi connectivity index (χ1) is 8.31. The molecule has 98 valence electrons. The highest BCUT2D eigenvalue weighted by atomic mass is 16.3. The van der Waals surface area contributed by atoms with Crippen LogP contribution in [0.25, 0.3) is 6.08 Å². The molecule has 0 aliphatic heterocycles. The number of amides is 1. The third-order valence-corrected chi connectivity index (χ3v) is 2.99. The van der Waals surface area contributed by atoms with Crippen LogP contribution in [-0.4, -0.2) is 22.7 Å². The van der Waals surface area contributed by atoms with Crippen LogP contribution >= 0.6 is 0 Å². The molecule has 0 saturated heterocycles. The smallest absolute Gasteiger partial charge is 0.244 e. The van der Waals surface area contributed by atoms with E-state index in [9.17, 15) is 9.90 Å². The molecule has 1 rings (SSSR count). The fourth-order valence-electron chi connectivity index (χ4n) is 1.31. The Morgan fingerprint density at radius 2 is 1.89 bits per heavy atom. The van der Waals surface area contributed by atoms with E-state index in [0.717, 1.165) is 5.56 Å². The first-order valence-electron chi connectivity index (χ1n) is 6.06. The second kappa shape index (κ2) is 5.83. The van der Waals surface area contributed by atoms with Gasteiger partial charge in [-0.3, -0.25) is 4.79 Å². The summed E-state index contributed by atoms with van der Waals surface area (Å²) in [5.41, 5.74) is 1.53. The maximum Gasteiger partial charge on any atom is 0.244 e. The molecule has 0 aromatic heterocycles. The first kappa shape index (κ1) is 14.5. The molecular weight excluding hydrogens is 226 g/mol. The first-order valence-corrected chi connectivity index (χ1v) is 6.06. The van der Waals surface area contributed by atoms with Gasteiger partial charge in [-0.15, -0.1) is 0 Å². The predicted molar refractivity (Wildman–Crippen MR) is 74.1 cm³/mol. The van der Waals surface area contributed by atoms with E-state index in [-0.39, 0.29) is 5.91 Å². The Labute approximate surface area is 109 Å². The number of hydrogen-bond acceptors (Lipinski definition) is 2. The number of benzene rings is 1. The summed E-state index contributed by atoms with van der Waals surface area (Å²) in [4.78, 5) is 11.7. The van der Waals surface area contributed by atoms with Crippen molar-refractivity contribution in [2.24, 2.45) is 0 Å². The lowest BCUT2D eigenvalue weighted by molar-refractivity contribution is -0.119. The van der Waals surface area contributed by atoms with Crippen LogP contribution in [0.2, 0.25) is 0 Å². The molecule has 1 aromatic carbocycles. The van der Waals surface area contributed by atoms with Gasteiger partial charge in [0.2, 0.25) is 5.91 Å². The summed E-state index contributed by atoms with van der Waals surface area (Å²) in [6, 6.07) is 7.91. The van der Waals surface area contributed by atoms with Crippen LogP contribution < -0.4 is 5.32 Å². The lowest BCUT2D eigenvalue weighted by Crippen LogP contribution is -2.50. The molecule has 1 unspecified atom stereocenters. The van der Waals surface area contributed by atoms with Crippen molar-refractivity contribution in [3.8, 4) is 0 Å². The van der Waals surface area contributed by atoms with E-state index < -0.39 is 11.6 Å². The highest BCUT2D eigenvalue weighted by Crippen LogP contribution is 2.09. The summed E-state index contributed by atoms with van der Waals surface area (Å²) < 4.78 is 0. The van der Waals surface area contributed by atoms with Crippen LogP contribution in [0, 0.1) is 6.92 Å². The Morgan fingerprint density at radius 3 is 2.39 bits per heavy atom. The number of aliphatic hydroxyl groups is 1. The Hall–Kier alpha value is -1.61. The average Bonchev–Trinajstić information content (AvgIpc) is 2.27. The van der Waals surface area contributed by atoms with Crippen LogP contribution in [0.3, 0.4) is 0 Å². The Bertz CT molecular complexity index is 430. The van der Waals surface area contributed by atoms with E-state index in [1.807, 2.05) is 31.2 Å². The van der Waals surface area contributed by atoms with Gasteiger partial charge in [0.05, 0.1) is 11.6 Å². The lowest BCUT2D eigenvalue weighted by Gasteiger charge is -2.28. The molecule has 0 aliphatic carbocycles. The van der Waals surface area contributed by atoms with E-state index in [4.69, 9.17) is 0 Å². The molecule has 0 heterocycles. The van der Waals surface area contributed by atoms with E-state index in [2.05, 4.69) is 5.32 Å². The predicted octanol–water partition coefficient (Wildman–Crippen LogP) is 2.28. The second-order valence-corrected chi connectivity index (χ2v) is 5.13. The monoisotopic (exact) mass is 247 g/mol. The average molecular weight is 247 g/mol. The third kappa shape index (κ3) is 4.34. The molecule has 0 radical (unpaired) electrons. The summed E-state index contributed by atoms with van der Waals surface area (Å²) in [5, 5.41) is 12.3. The SMILES string of the molecule is Cc1ccc(/C=C/C(=O)NC(C)(C)C(C)O)cc1. The molecule has 0 aliphatic rings. The minimum absolute atomic E-state index is 0.207. The Kier molecular flexibility index (Phi) is 4.68. The maximum absolute atomic E-state index is 11.7. The van der Waals surface area contributed by atoms with E-state index in [0.29, 0.717) is 0 Å². The van der Waals surface area contributed by atoms with Gasteiger partial charge >= 0.3 is 0 Å². The minimum Gasteiger partial charge on any atom is -0.391 e. The highest BCUT2D eigenvalue weighted by molar-refractivity contribution is 5.92. The quantitative estimate of drug-likeness (QED) is 0.802. The van der Waals surface area contributed by atoms with Crippen molar-refractivity contribution in [2.75, 3.05) is 0 Å². The number of aliphatic hydroxyl groups excluding tert-OH is 1. The largest absolute Gasteiger partial charge is 0.391 e. The van der Waals surface area contributed by atoms with Gasteiger partial charge in [-0.05, 0) is 39.3 Å². The summed E-state index contributed by atoms with van der Waals surface area (Å²) in [6.07, 6.45) is 2.64. The standard InChI is InChI=1S/C15H21NO2/c1-11-5-7-13(8-6-11)9-10-14(18)16-15(3,4)12(2)17/h5-10,12,17H,1-4H3,(H,16,18)/b10-9+. The molecule has 0 bridgehead atoms. The molecule has 18 heavy (non-hydrogen) atoms. The Morgan fingerprint density at radius 1 is 1.33 bits per heavy atom. The summed E-state index contributed by atoms with van der Waals surface area (Å²) in [7, 11) is 0. The molecule has 1 aromatic rings. The molecule has 3 nitrogen and oxygen atoms in total. The Balaban J connectivity index is 2.62. The zero-order valence-electron chi connectivity index (χ0n) is 11.4. The third-order valence-electron chi connectivity index (χ3n) is 2.99. The van der Waals surface area contributed by atoms with Crippen LogP contribution in [-0.2, 0) is 4.79 Å². The van der Waals surface area contributed by atoms with Gasteiger partial charge in [0.25, 0.3) is 0 Å². The molecule has 1 atom stereocenters. The summed E-state index contributed by atoms with van der Waals surface area (Å²) in [6.45, 7) is 7.25. The van der Waals surface area contributed by atoms with Gasteiger partial charge in [0.1, 0.15) is 0 Å². The highest BCUT2D eigenvalue weighted by Gasteiger charge is 2.24. The van der Waals surface area contributed by atoms with Crippen molar-refractivity contribution >= 4 is 12.0 Å². The van der Waals surface area contributed by atoms with E-state index in [1.54, 1.807) is 26.8 Å². The van der Waals surface area contributed by atoms with Crippen LogP contribution in [0.4, 0.5) is 0 Å². The fourth-order valence-corrected chi connectivity index (χ4v) is 1.31. The van der Waals surface area contributed by atoms with Crippen molar-refractivity contribution in [1.29, 1.82) is 0 Å². The number of aryl methyl sites for hydroxylation is 1. The maximum atomic E-state index is 11.7. The van der Waals surface area contributed by atoms with Crippen molar-refractivity contribution in [1.82, 2.24) is 5.32 Å². The molecule has 3 heteroatoms. The van der Waals surface area contributed by atoms with Gasteiger partial charge < -0.3 is 10.4 Å². The molecule has 0 spiro atoms. The minimum atomic E-state index is -0.630. The van der Waals surface area contributed by atoms with Crippen LogP contribution in [0.1, 0.15) is 31.9 Å². The van der Waals surface area contributed by atoms with Crippen molar-refractivity contribution in [3.63, 3.8) is 0 Å². The van der Waals surface area contributed by atoms with Crippen LogP contribution in [0.15, 0.2) is 30.3 Å². The molecule has 1 amide bonds. The van der Waals surface area contributed by atoms with Crippen molar-refractivity contribution < 1.29 is 9.90 Å². The number of hydrogen-bond donors (Lipinski definition) is 2. The van der Waals surface area contributed by atoms with Crippen LogP contribution in [0.5, 0.6) is 0 Å². The molecule has 2 N–H and O–H groups in total. The normalized spacial score (nSPS) is 13.6. The molecule has 0 saturated carbocycles. The fraction of sp³-hybridized carbons (Fsp3) is 0.400. The number of carbonyl (C=O) groups excluding carboxylic acids is 1. The van der Waals surface area contributed by atoms with Gasteiger partial charge in [-0.2, -0.15) is 0 Å². The zero-order valence-corrected chi connectivity index (χ0v) is 11.4. The zero-order chi connectivity index (χ0) is 13.8. The molecule has 0 fully saturated rings. The number of carbonyl (C=O) groups is 1. The summed E-state index contributed by atoms with van der Waals surface area (Å²) in [5.74, 6) is -0.207.